The minimum Gasteiger partial charge on any atom is -0.448 e. The molecule has 1 aliphatic heterocycles. The van der Waals surface area contributed by atoms with E-state index < -0.39 is 0 Å². The van der Waals surface area contributed by atoms with Crippen LogP contribution in [-0.2, 0) is 17.7 Å². The van der Waals surface area contributed by atoms with Gasteiger partial charge in [0.1, 0.15) is 12.4 Å². The van der Waals surface area contributed by atoms with Crippen molar-refractivity contribution in [2.24, 2.45) is 0 Å². The molecule has 3 aromatic rings. The van der Waals surface area contributed by atoms with Gasteiger partial charge in [-0.15, -0.1) is 0 Å². The van der Waals surface area contributed by atoms with E-state index in [4.69, 9.17) is 4.74 Å². The average Bonchev–Trinajstić information content (AvgIpc) is 3.05. The Morgan fingerprint density at radius 1 is 0.964 bits per heavy atom. The summed E-state index contributed by atoms with van der Waals surface area (Å²) in [5, 5.41) is 0. The van der Waals surface area contributed by atoms with Gasteiger partial charge in [0, 0.05) is 19.0 Å². The summed E-state index contributed by atoms with van der Waals surface area (Å²) in [5.41, 5.74) is 6.80. The third-order valence-corrected chi connectivity index (χ3v) is 5.77. The lowest BCUT2D eigenvalue weighted by atomic mass is 9.98. The fraction of sp³-hybridized carbons (Fsp3) is 0.208. The summed E-state index contributed by atoms with van der Waals surface area (Å²) in [6.45, 7) is 1.33. The van der Waals surface area contributed by atoms with Crippen molar-refractivity contribution in [2.75, 3.05) is 13.2 Å². The van der Waals surface area contributed by atoms with Gasteiger partial charge in [-0.2, -0.15) is 0 Å². The zero-order chi connectivity index (χ0) is 19.1. The number of hydrogen-bond acceptors (Lipinski definition) is 2. The number of hydrogen-bond donors (Lipinski definition) is 0. The molecule has 0 saturated carbocycles. The molecule has 0 N–H and O–H groups in total. The zero-order valence-corrected chi connectivity index (χ0v) is 15.4. The van der Waals surface area contributed by atoms with Crippen LogP contribution in [-0.4, -0.2) is 24.1 Å². The van der Waals surface area contributed by atoms with Crippen LogP contribution in [0, 0.1) is 5.82 Å². The van der Waals surface area contributed by atoms with Gasteiger partial charge in [0.05, 0.1) is 0 Å². The number of nitrogens with zero attached hydrogens (tertiary/aromatic N) is 1. The number of carbonyl (C=O) groups is 1. The van der Waals surface area contributed by atoms with E-state index in [2.05, 4.69) is 24.3 Å². The number of halogens is 1. The van der Waals surface area contributed by atoms with Crippen molar-refractivity contribution in [3.63, 3.8) is 0 Å². The van der Waals surface area contributed by atoms with E-state index in [0.29, 0.717) is 26.1 Å². The second-order valence-corrected chi connectivity index (χ2v) is 7.39. The van der Waals surface area contributed by atoms with E-state index >= 15 is 0 Å². The number of fused-ring (bicyclic) bond motifs is 4. The Morgan fingerprint density at radius 2 is 1.64 bits per heavy atom. The highest BCUT2D eigenvalue weighted by molar-refractivity contribution is 5.79. The fourth-order valence-electron chi connectivity index (χ4n) is 4.36. The summed E-state index contributed by atoms with van der Waals surface area (Å²) in [6, 6.07) is 21.4. The molecule has 5 rings (SSSR count). The van der Waals surface area contributed by atoms with Gasteiger partial charge in [-0.1, -0.05) is 54.6 Å². The van der Waals surface area contributed by atoms with Crippen molar-refractivity contribution in [1.29, 1.82) is 0 Å². The maximum atomic E-state index is 13.4. The van der Waals surface area contributed by atoms with Crippen molar-refractivity contribution < 1.29 is 13.9 Å². The Balaban J connectivity index is 1.32. The monoisotopic (exact) mass is 373 g/mol. The molecule has 1 aliphatic carbocycles. The van der Waals surface area contributed by atoms with Gasteiger partial charge >= 0.3 is 6.09 Å². The first-order valence-corrected chi connectivity index (χ1v) is 9.58. The zero-order valence-electron chi connectivity index (χ0n) is 15.4. The van der Waals surface area contributed by atoms with Crippen LogP contribution >= 0.6 is 0 Å². The van der Waals surface area contributed by atoms with Gasteiger partial charge < -0.3 is 9.64 Å². The Kier molecular flexibility index (Phi) is 4.12. The van der Waals surface area contributed by atoms with Crippen molar-refractivity contribution in [3.05, 3.63) is 94.8 Å². The van der Waals surface area contributed by atoms with Gasteiger partial charge in [0.15, 0.2) is 0 Å². The Labute approximate surface area is 163 Å². The minimum atomic E-state index is -0.308. The maximum Gasteiger partial charge on any atom is 0.410 e. The van der Waals surface area contributed by atoms with Crippen LogP contribution in [0.2, 0.25) is 0 Å². The quantitative estimate of drug-likeness (QED) is 0.623. The largest absolute Gasteiger partial charge is 0.448 e. The summed E-state index contributed by atoms with van der Waals surface area (Å²) in [5.74, 6) is -0.170. The molecule has 2 aliphatic rings. The molecular weight excluding hydrogens is 353 g/mol. The topological polar surface area (TPSA) is 29.5 Å². The van der Waals surface area contributed by atoms with Crippen LogP contribution in [0.15, 0.2) is 66.7 Å². The Bertz CT molecular complexity index is 1020. The van der Waals surface area contributed by atoms with Crippen molar-refractivity contribution in [1.82, 2.24) is 4.90 Å². The molecule has 0 bridgehead atoms. The average molecular weight is 373 g/mol. The van der Waals surface area contributed by atoms with E-state index in [1.165, 1.54) is 28.3 Å². The number of ether oxygens (including phenoxy) is 1. The molecule has 0 spiro atoms. The van der Waals surface area contributed by atoms with Crippen molar-refractivity contribution >= 4 is 6.09 Å². The fourth-order valence-corrected chi connectivity index (χ4v) is 4.36. The summed E-state index contributed by atoms with van der Waals surface area (Å²) >= 11 is 0. The van der Waals surface area contributed by atoms with Gasteiger partial charge in [-0.25, -0.2) is 9.18 Å². The molecule has 4 heteroatoms. The van der Waals surface area contributed by atoms with Crippen LogP contribution in [0.5, 0.6) is 0 Å². The molecule has 3 nitrogen and oxygen atoms in total. The smallest absolute Gasteiger partial charge is 0.410 e. The molecule has 0 radical (unpaired) electrons. The summed E-state index contributed by atoms with van der Waals surface area (Å²) in [6.07, 6.45) is 0.342. The number of carbonyl (C=O) groups excluding carboxylic acids is 1. The molecule has 0 fully saturated rings. The predicted octanol–water partition coefficient (Wildman–Crippen LogP) is 5.13. The van der Waals surface area contributed by atoms with E-state index in [1.54, 1.807) is 17.0 Å². The molecule has 1 amide bonds. The summed E-state index contributed by atoms with van der Waals surface area (Å²) < 4.78 is 19.1. The molecular formula is C24H20FNO2. The first kappa shape index (κ1) is 17.0. The van der Waals surface area contributed by atoms with Gasteiger partial charge in [0.2, 0.25) is 0 Å². The lowest BCUT2D eigenvalue weighted by Gasteiger charge is -2.28. The predicted molar refractivity (Wildman–Crippen MR) is 106 cm³/mol. The van der Waals surface area contributed by atoms with Crippen molar-refractivity contribution in [3.8, 4) is 11.1 Å². The molecule has 0 saturated heterocycles. The van der Waals surface area contributed by atoms with E-state index in [9.17, 15) is 9.18 Å². The second kappa shape index (κ2) is 6.79. The van der Waals surface area contributed by atoms with Crippen LogP contribution in [0.1, 0.15) is 28.2 Å². The highest BCUT2D eigenvalue weighted by Gasteiger charge is 2.30. The Hall–Kier alpha value is -3.14. The summed E-state index contributed by atoms with van der Waals surface area (Å²) in [4.78, 5) is 14.4. The molecule has 0 unspecified atom stereocenters. The number of amides is 1. The van der Waals surface area contributed by atoms with Crippen LogP contribution < -0.4 is 0 Å². The van der Waals surface area contributed by atoms with E-state index in [1.807, 2.05) is 24.3 Å². The third kappa shape index (κ3) is 2.85. The van der Waals surface area contributed by atoms with Gasteiger partial charge in [-0.3, -0.25) is 0 Å². The van der Waals surface area contributed by atoms with Crippen LogP contribution in [0.3, 0.4) is 0 Å². The van der Waals surface area contributed by atoms with Crippen molar-refractivity contribution in [2.45, 2.75) is 18.9 Å². The van der Waals surface area contributed by atoms with Gasteiger partial charge in [0.25, 0.3) is 0 Å². The summed E-state index contributed by atoms with van der Waals surface area (Å²) in [7, 11) is 0. The van der Waals surface area contributed by atoms with E-state index in [-0.39, 0.29) is 17.8 Å². The third-order valence-electron chi connectivity index (χ3n) is 5.77. The molecule has 140 valence electrons. The lowest BCUT2D eigenvalue weighted by Crippen LogP contribution is -2.37. The van der Waals surface area contributed by atoms with Crippen LogP contribution in [0.4, 0.5) is 9.18 Å². The second-order valence-electron chi connectivity index (χ2n) is 7.39. The highest BCUT2D eigenvalue weighted by Crippen LogP contribution is 2.44. The molecule has 1 heterocycles. The Morgan fingerprint density at radius 3 is 2.36 bits per heavy atom. The number of rotatable bonds is 2. The molecule has 28 heavy (non-hydrogen) atoms. The van der Waals surface area contributed by atoms with Gasteiger partial charge in [-0.05, 0) is 51.9 Å². The first-order chi connectivity index (χ1) is 13.7. The highest BCUT2D eigenvalue weighted by atomic mass is 19.1. The molecule has 0 atom stereocenters. The maximum absolute atomic E-state index is 13.4. The normalized spacial score (nSPS) is 15.0. The lowest BCUT2D eigenvalue weighted by molar-refractivity contribution is 0.0953. The first-order valence-electron chi connectivity index (χ1n) is 9.58. The SMILES string of the molecule is O=C(OCC1c2ccccc2-c2ccccc21)N1CCc2cc(F)ccc2C1. The minimum absolute atomic E-state index is 0.0579. The standard InChI is InChI=1S/C24H20FNO2/c25-18-10-9-17-14-26(12-11-16(17)13-18)24(27)28-15-23-21-7-3-1-5-19(21)20-6-2-4-8-22(20)23/h1-10,13,23H,11-12,14-15H2. The molecule has 0 aromatic heterocycles. The molecule has 3 aromatic carbocycles. The number of benzene rings is 3. The van der Waals surface area contributed by atoms with E-state index in [0.717, 1.165) is 11.1 Å². The van der Waals surface area contributed by atoms with Crippen LogP contribution in [0.25, 0.3) is 11.1 Å².